The molecule has 0 aliphatic heterocycles. The molecular weight excluding hydrogens is 277 g/mol. The Morgan fingerprint density at radius 2 is 2.00 bits per heavy atom. The van der Waals surface area contributed by atoms with Gasteiger partial charge in [0, 0.05) is 13.5 Å². The first-order chi connectivity index (χ1) is 8.49. The molecular formula is C12H13Cl2NO3. The van der Waals surface area contributed by atoms with Crippen LogP contribution in [-0.4, -0.2) is 18.4 Å². The zero-order valence-electron chi connectivity index (χ0n) is 9.83. The molecule has 0 aliphatic carbocycles. The van der Waals surface area contributed by atoms with Crippen LogP contribution < -0.4 is 5.32 Å². The Morgan fingerprint density at radius 3 is 2.61 bits per heavy atom. The number of benzene rings is 1. The lowest BCUT2D eigenvalue weighted by molar-refractivity contribution is -0.144. The summed E-state index contributed by atoms with van der Waals surface area (Å²) in [6.45, 7) is 1.80. The summed E-state index contributed by atoms with van der Waals surface area (Å²) in [5.74, 6) is -0.554. The first-order valence-electron chi connectivity index (χ1n) is 5.33. The van der Waals surface area contributed by atoms with E-state index in [-0.39, 0.29) is 31.4 Å². The molecule has 1 amide bonds. The molecule has 0 heterocycles. The van der Waals surface area contributed by atoms with Crippen molar-refractivity contribution in [3.8, 4) is 0 Å². The normalized spacial score (nSPS) is 9.94. The van der Waals surface area contributed by atoms with Crippen LogP contribution in [0.15, 0.2) is 18.2 Å². The second kappa shape index (κ2) is 7.24. The second-order valence-electron chi connectivity index (χ2n) is 3.64. The van der Waals surface area contributed by atoms with E-state index in [2.05, 4.69) is 5.32 Å². The fraction of sp³-hybridized carbons (Fsp3) is 0.333. The summed E-state index contributed by atoms with van der Waals surface area (Å²) >= 11 is 11.6. The monoisotopic (exact) mass is 289 g/mol. The summed E-state index contributed by atoms with van der Waals surface area (Å²) in [4.78, 5) is 21.9. The maximum Gasteiger partial charge on any atom is 0.307 e. The van der Waals surface area contributed by atoms with Crippen molar-refractivity contribution in [2.24, 2.45) is 0 Å². The standard InChI is InChI=1S/C12H13Cl2NO3/c1-8(16)15-5-4-12(17)18-7-9-2-3-10(13)11(14)6-9/h2-3,6H,4-5,7H2,1H3,(H,15,16). The molecule has 4 nitrogen and oxygen atoms in total. The van der Waals surface area contributed by atoms with Crippen LogP contribution in [-0.2, 0) is 20.9 Å². The van der Waals surface area contributed by atoms with Crippen LogP contribution in [0.25, 0.3) is 0 Å². The number of ether oxygens (including phenoxy) is 1. The maximum atomic E-state index is 11.3. The maximum absolute atomic E-state index is 11.3. The van der Waals surface area contributed by atoms with Crippen molar-refractivity contribution in [3.05, 3.63) is 33.8 Å². The predicted octanol–water partition coefficient (Wildman–Crippen LogP) is 2.56. The van der Waals surface area contributed by atoms with Crippen molar-refractivity contribution in [1.82, 2.24) is 5.32 Å². The van der Waals surface area contributed by atoms with E-state index in [0.717, 1.165) is 5.56 Å². The highest BCUT2D eigenvalue weighted by atomic mass is 35.5. The highest BCUT2D eigenvalue weighted by Gasteiger charge is 2.05. The SMILES string of the molecule is CC(=O)NCCC(=O)OCc1ccc(Cl)c(Cl)c1. The quantitative estimate of drug-likeness (QED) is 0.848. The Balaban J connectivity index is 2.33. The van der Waals surface area contributed by atoms with Crippen molar-refractivity contribution in [3.63, 3.8) is 0 Å². The average molecular weight is 290 g/mol. The number of amides is 1. The van der Waals surface area contributed by atoms with E-state index in [1.54, 1.807) is 18.2 Å². The van der Waals surface area contributed by atoms with Crippen molar-refractivity contribution >= 4 is 35.1 Å². The molecule has 0 fully saturated rings. The lowest BCUT2D eigenvalue weighted by Crippen LogP contribution is -2.23. The third kappa shape index (κ3) is 5.38. The van der Waals surface area contributed by atoms with E-state index in [0.29, 0.717) is 10.0 Å². The first kappa shape index (κ1) is 14.8. The third-order valence-corrected chi connectivity index (χ3v) is 2.83. The van der Waals surface area contributed by atoms with Crippen molar-refractivity contribution < 1.29 is 14.3 Å². The van der Waals surface area contributed by atoms with Crippen molar-refractivity contribution in [2.75, 3.05) is 6.54 Å². The lowest BCUT2D eigenvalue weighted by atomic mass is 10.2. The van der Waals surface area contributed by atoms with Crippen LogP contribution in [0.3, 0.4) is 0 Å². The number of esters is 1. The van der Waals surface area contributed by atoms with E-state index in [9.17, 15) is 9.59 Å². The number of nitrogens with one attached hydrogen (secondary N) is 1. The lowest BCUT2D eigenvalue weighted by Gasteiger charge is -2.06. The molecule has 18 heavy (non-hydrogen) atoms. The molecule has 0 unspecified atom stereocenters. The van der Waals surface area contributed by atoms with Crippen LogP contribution in [0.2, 0.25) is 10.0 Å². The molecule has 0 saturated heterocycles. The molecule has 0 aromatic heterocycles. The van der Waals surface area contributed by atoms with Crippen LogP contribution in [0, 0.1) is 0 Å². The molecule has 0 saturated carbocycles. The van der Waals surface area contributed by atoms with Gasteiger partial charge in [0.2, 0.25) is 5.91 Å². The van der Waals surface area contributed by atoms with Crippen LogP contribution in [0.4, 0.5) is 0 Å². The largest absolute Gasteiger partial charge is 0.461 e. The van der Waals surface area contributed by atoms with E-state index < -0.39 is 0 Å². The first-order valence-corrected chi connectivity index (χ1v) is 6.08. The Bertz CT molecular complexity index is 449. The van der Waals surface area contributed by atoms with Gasteiger partial charge in [-0.1, -0.05) is 29.3 Å². The third-order valence-electron chi connectivity index (χ3n) is 2.09. The van der Waals surface area contributed by atoms with Gasteiger partial charge < -0.3 is 10.1 Å². The molecule has 0 bridgehead atoms. The van der Waals surface area contributed by atoms with Crippen molar-refractivity contribution in [1.29, 1.82) is 0 Å². The summed E-state index contributed by atoms with van der Waals surface area (Å²) in [7, 11) is 0. The highest BCUT2D eigenvalue weighted by Crippen LogP contribution is 2.22. The van der Waals surface area contributed by atoms with Gasteiger partial charge in [0.1, 0.15) is 6.61 Å². The summed E-state index contributed by atoms with van der Waals surface area (Å²) < 4.78 is 5.01. The zero-order chi connectivity index (χ0) is 13.5. The van der Waals surface area contributed by atoms with Gasteiger partial charge in [-0.05, 0) is 17.7 Å². The number of carbonyl (C=O) groups is 2. The van der Waals surface area contributed by atoms with Gasteiger partial charge in [-0.15, -0.1) is 0 Å². The van der Waals surface area contributed by atoms with Gasteiger partial charge >= 0.3 is 5.97 Å². The summed E-state index contributed by atoms with van der Waals surface area (Å²) in [6, 6.07) is 5.02. The topological polar surface area (TPSA) is 55.4 Å². The molecule has 6 heteroatoms. The summed E-state index contributed by atoms with van der Waals surface area (Å²) in [5, 5.41) is 3.39. The fourth-order valence-electron chi connectivity index (χ4n) is 1.21. The predicted molar refractivity (Wildman–Crippen MR) is 69.6 cm³/mol. The van der Waals surface area contributed by atoms with Crippen molar-refractivity contribution in [2.45, 2.75) is 20.0 Å². The van der Waals surface area contributed by atoms with Gasteiger partial charge in [0.25, 0.3) is 0 Å². The molecule has 0 spiro atoms. The molecule has 0 radical (unpaired) electrons. The fourth-order valence-corrected chi connectivity index (χ4v) is 1.53. The van der Waals surface area contributed by atoms with Gasteiger partial charge in [0.15, 0.2) is 0 Å². The van der Waals surface area contributed by atoms with Crippen LogP contribution in [0.5, 0.6) is 0 Å². The minimum absolute atomic E-state index is 0.135. The minimum Gasteiger partial charge on any atom is -0.461 e. The number of hydrogen-bond acceptors (Lipinski definition) is 3. The van der Waals surface area contributed by atoms with E-state index in [1.165, 1.54) is 6.92 Å². The van der Waals surface area contributed by atoms with Gasteiger partial charge in [-0.3, -0.25) is 9.59 Å². The Hall–Kier alpha value is -1.26. The number of hydrogen-bond donors (Lipinski definition) is 1. The molecule has 1 rings (SSSR count). The number of halogens is 2. The second-order valence-corrected chi connectivity index (χ2v) is 4.46. The summed E-state index contributed by atoms with van der Waals surface area (Å²) in [5.41, 5.74) is 0.761. The molecule has 1 aromatic rings. The van der Waals surface area contributed by atoms with Gasteiger partial charge in [-0.2, -0.15) is 0 Å². The smallest absolute Gasteiger partial charge is 0.307 e. The van der Waals surface area contributed by atoms with Crippen LogP contribution in [0.1, 0.15) is 18.9 Å². The number of carbonyl (C=O) groups excluding carboxylic acids is 2. The Labute approximate surface area is 115 Å². The Kier molecular flexibility index (Phi) is 5.95. The minimum atomic E-state index is -0.380. The van der Waals surface area contributed by atoms with Gasteiger partial charge in [0.05, 0.1) is 16.5 Å². The molecule has 98 valence electrons. The molecule has 1 N–H and O–H groups in total. The van der Waals surface area contributed by atoms with Crippen LogP contribution >= 0.6 is 23.2 Å². The van der Waals surface area contributed by atoms with E-state index >= 15 is 0 Å². The molecule has 0 aliphatic rings. The highest BCUT2D eigenvalue weighted by molar-refractivity contribution is 6.42. The summed E-state index contributed by atoms with van der Waals surface area (Å²) in [6.07, 6.45) is 0.140. The van der Waals surface area contributed by atoms with E-state index in [4.69, 9.17) is 27.9 Å². The average Bonchev–Trinajstić information content (AvgIpc) is 2.30. The zero-order valence-corrected chi connectivity index (χ0v) is 11.3. The van der Waals surface area contributed by atoms with Gasteiger partial charge in [-0.25, -0.2) is 0 Å². The Morgan fingerprint density at radius 1 is 1.28 bits per heavy atom. The van der Waals surface area contributed by atoms with E-state index in [1.807, 2.05) is 0 Å². The molecule has 1 aromatic carbocycles. The number of rotatable bonds is 5. The molecule has 0 atom stereocenters.